The van der Waals surface area contributed by atoms with Crippen molar-refractivity contribution in [2.24, 2.45) is 12.0 Å². The molecule has 0 bridgehead atoms. The van der Waals surface area contributed by atoms with Crippen molar-refractivity contribution in [1.82, 2.24) is 20.4 Å². The van der Waals surface area contributed by atoms with Gasteiger partial charge in [0.2, 0.25) is 0 Å². The Morgan fingerprint density at radius 3 is 2.61 bits per heavy atom. The van der Waals surface area contributed by atoms with Crippen LogP contribution in [0.3, 0.4) is 0 Å². The molecule has 0 saturated heterocycles. The standard InChI is InChI=1S/C15H20ClN5O.HI/c1-17-15(19-11-13-7-8-20-21(13)2)18-9-10-22-14-5-3-12(16)4-6-14;/h3-8H,9-11H2,1-2H3,(H2,17,18,19);1H. The highest BCUT2D eigenvalue weighted by Crippen LogP contribution is 2.14. The highest BCUT2D eigenvalue weighted by atomic mass is 127. The zero-order valence-electron chi connectivity index (χ0n) is 13.1. The Bertz CT molecular complexity index is 615. The van der Waals surface area contributed by atoms with Crippen molar-refractivity contribution in [1.29, 1.82) is 0 Å². The minimum atomic E-state index is 0. The van der Waals surface area contributed by atoms with Gasteiger partial charge in [-0.3, -0.25) is 9.67 Å². The predicted octanol–water partition coefficient (Wildman–Crippen LogP) is 2.44. The highest BCUT2D eigenvalue weighted by Gasteiger charge is 2.01. The lowest BCUT2D eigenvalue weighted by atomic mass is 10.3. The third-order valence-electron chi connectivity index (χ3n) is 3.06. The molecule has 0 radical (unpaired) electrons. The third kappa shape index (κ3) is 6.66. The van der Waals surface area contributed by atoms with E-state index in [1.54, 1.807) is 25.4 Å². The summed E-state index contributed by atoms with van der Waals surface area (Å²) in [6, 6.07) is 9.26. The molecule has 1 aromatic carbocycles. The first kappa shape index (κ1) is 19.6. The number of nitrogens with one attached hydrogen (secondary N) is 2. The molecule has 0 aliphatic carbocycles. The summed E-state index contributed by atoms with van der Waals surface area (Å²) in [7, 11) is 3.64. The largest absolute Gasteiger partial charge is 0.492 e. The molecular weight excluding hydrogens is 429 g/mol. The van der Waals surface area contributed by atoms with E-state index in [0.29, 0.717) is 24.7 Å². The number of nitrogens with zero attached hydrogens (tertiary/aromatic N) is 3. The molecule has 0 aliphatic heterocycles. The molecule has 0 spiro atoms. The van der Waals surface area contributed by atoms with E-state index in [0.717, 1.165) is 17.4 Å². The molecule has 0 aliphatic rings. The molecule has 0 amide bonds. The summed E-state index contributed by atoms with van der Waals surface area (Å²) in [5.41, 5.74) is 1.08. The maximum atomic E-state index is 5.82. The summed E-state index contributed by atoms with van der Waals surface area (Å²) in [6.45, 7) is 1.84. The minimum absolute atomic E-state index is 0. The average Bonchev–Trinajstić information content (AvgIpc) is 2.93. The maximum Gasteiger partial charge on any atom is 0.191 e. The average molecular weight is 450 g/mol. The van der Waals surface area contributed by atoms with Gasteiger partial charge in [-0.15, -0.1) is 24.0 Å². The quantitative estimate of drug-likeness (QED) is 0.308. The van der Waals surface area contributed by atoms with Crippen LogP contribution in [-0.4, -0.2) is 35.9 Å². The van der Waals surface area contributed by atoms with Crippen LogP contribution in [0.25, 0.3) is 0 Å². The SMILES string of the molecule is CN=C(NCCOc1ccc(Cl)cc1)NCc1ccnn1C.I. The Labute approximate surface area is 158 Å². The van der Waals surface area contributed by atoms with Crippen LogP contribution in [0.4, 0.5) is 0 Å². The van der Waals surface area contributed by atoms with Crippen LogP contribution >= 0.6 is 35.6 Å². The molecule has 126 valence electrons. The van der Waals surface area contributed by atoms with Gasteiger partial charge in [0, 0.05) is 25.3 Å². The van der Waals surface area contributed by atoms with Gasteiger partial charge in [0.1, 0.15) is 12.4 Å². The molecule has 1 aromatic heterocycles. The Balaban J connectivity index is 0.00000264. The van der Waals surface area contributed by atoms with Gasteiger partial charge in [-0.25, -0.2) is 0 Å². The number of hydrogen-bond donors (Lipinski definition) is 2. The molecule has 2 rings (SSSR count). The topological polar surface area (TPSA) is 63.5 Å². The van der Waals surface area contributed by atoms with Crippen molar-refractivity contribution < 1.29 is 4.74 Å². The summed E-state index contributed by atoms with van der Waals surface area (Å²) in [6.07, 6.45) is 1.77. The predicted molar refractivity (Wildman–Crippen MR) is 104 cm³/mol. The van der Waals surface area contributed by atoms with Crippen LogP contribution in [0.1, 0.15) is 5.69 Å². The van der Waals surface area contributed by atoms with Crippen molar-refractivity contribution in [3.8, 4) is 5.75 Å². The number of guanidine groups is 1. The second kappa shape index (κ2) is 10.3. The van der Waals surface area contributed by atoms with Crippen molar-refractivity contribution in [2.45, 2.75) is 6.54 Å². The van der Waals surface area contributed by atoms with Gasteiger partial charge in [0.25, 0.3) is 0 Å². The fourth-order valence-electron chi connectivity index (χ4n) is 1.84. The van der Waals surface area contributed by atoms with Gasteiger partial charge in [0.15, 0.2) is 5.96 Å². The minimum Gasteiger partial charge on any atom is -0.492 e. The first-order valence-electron chi connectivity index (χ1n) is 6.99. The number of aromatic nitrogens is 2. The van der Waals surface area contributed by atoms with E-state index < -0.39 is 0 Å². The van der Waals surface area contributed by atoms with E-state index in [2.05, 4.69) is 20.7 Å². The van der Waals surface area contributed by atoms with E-state index >= 15 is 0 Å². The van der Waals surface area contributed by atoms with Gasteiger partial charge >= 0.3 is 0 Å². The van der Waals surface area contributed by atoms with Crippen molar-refractivity contribution in [2.75, 3.05) is 20.2 Å². The molecule has 0 fully saturated rings. The maximum absolute atomic E-state index is 5.82. The van der Waals surface area contributed by atoms with E-state index in [1.807, 2.05) is 29.9 Å². The van der Waals surface area contributed by atoms with E-state index in [9.17, 15) is 0 Å². The number of rotatable bonds is 6. The lowest BCUT2D eigenvalue weighted by Gasteiger charge is -2.12. The molecular formula is C15H21ClIN5O. The number of benzene rings is 1. The third-order valence-corrected chi connectivity index (χ3v) is 3.31. The van der Waals surface area contributed by atoms with Crippen LogP contribution in [0.15, 0.2) is 41.5 Å². The van der Waals surface area contributed by atoms with Crippen molar-refractivity contribution in [3.05, 3.63) is 47.2 Å². The number of ether oxygens (including phenoxy) is 1. The van der Waals surface area contributed by atoms with Gasteiger partial charge < -0.3 is 15.4 Å². The van der Waals surface area contributed by atoms with Crippen LogP contribution in [0.5, 0.6) is 5.75 Å². The molecule has 0 unspecified atom stereocenters. The summed E-state index contributed by atoms with van der Waals surface area (Å²) >= 11 is 5.82. The van der Waals surface area contributed by atoms with Crippen LogP contribution < -0.4 is 15.4 Å². The molecule has 0 atom stereocenters. The highest BCUT2D eigenvalue weighted by molar-refractivity contribution is 14.0. The van der Waals surface area contributed by atoms with Crippen molar-refractivity contribution >= 4 is 41.5 Å². The molecule has 0 saturated carbocycles. The van der Waals surface area contributed by atoms with Crippen LogP contribution in [-0.2, 0) is 13.6 Å². The monoisotopic (exact) mass is 449 g/mol. The second-order valence-electron chi connectivity index (χ2n) is 4.60. The van der Waals surface area contributed by atoms with Gasteiger partial charge in [-0.1, -0.05) is 11.6 Å². The number of halogens is 2. The fraction of sp³-hybridized carbons (Fsp3) is 0.333. The summed E-state index contributed by atoms with van der Waals surface area (Å²) < 4.78 is 7.43. The lowest BCUT2D eigenvalue weighted by Crippen LogP contribution is -2.39. The zero-order valence-corrected chi connectivity index (χ0v) is 16.2. The van der Waals surface area contributed by atoms with Gasteiger partial charge in [-0.05, 0) is 30.3 Å². The van der Waals surface area contributed by atoms with Crippen LogP contribution in [0, 0.1) is 0 Å². The molecule has 23 heavy (non-hydrogen) atoms. The molecule has 1 heterocycles. The Morgan fingerprint density at radius 1 is 1.26 bits per heavy atom. The van der Waals surface area contributed by atoms with Crippen LogP contribution in [0.2, 0.25) is 5.02 Å². The Morgan fingerprint density at radius 2 is 2.00 bits per heavy atom. The Kier molecular flexibility index (Phi) is 8.78. The number of aryl methyl sites for hydroxylation is 1. The van der Waals surface area contributed by atoms with Crippen molar-refractivity contribution in [3.63, 3.8) is 0 Å². The molecule has 2 N–H and O–H groups in total. The van der Waals surface area contributed by atoms with E-state index in [4.69, 9.17) is 16.3 Å². The lowest BCUT2D eigenvalue weighted by molar-refractivity contribution is 0.322. The van der Waals surface area contributed by atoms with E-state index in [1.165, 1.54) is 0 Å². The second-order valence-corrected chi connectivity index (χ2v) is 5.04. The summed E-state index contributed by atoms with van der Waals surface area (Å²) in [4.78, 5) is 4.17. The summed E-state index contributed by atoms with van der Waals surface area (Å²) in [5, 5.41) is 11.2. The summed E-state index contributed by atoms with van der Waals surface area (Å²) in [5.74, 6) is 1.52. The normalized spacial score (nSPS) is 10.8. The van der Waals surface area contributed by atoms with Gasteiger partial charge in [0.05, 0.1) is 18.8 Å². The zero-order chi connectivity index (χ0) is 15.8. The van der Waals surface area contributed by atoms with E-state index in [-0.39, 0.29) is 24.0 Å². The molecule has 6 nitrogen and oxygen atoms in total. The molecule has 8 heteroatoms. The Hall–Kier alpha value is -1.48. The fourth-order valence-corrected chi connectivity index (χ4v) is 1.96. The first-order valence-corrected chi connectivity index (χ1v) is 7.36. The van der Waals surface area contributed by atoms with Gasteiger partial charge in [-0.2, -0.15) is 5.10 Å². The number of hydrogen-bond acceptors (Lipinski definition) is 3. The first-order chi connectivity index (χ1) is 10.7. The smallest absolute Gasteiger partial charge is 0.191 e. The molecule has 2 aromatic rings. The number of aliphatic imine (C=N–C) groups is 1.